The lowest BCUT2D eigenvalue weighted by Gasteiger charge is -2.40. The molecule has 1 aromatic heterocycles. The number of methoxy groups -OCH3 is 1. The lowest BCUT2D eigenvalue weighted by atomic mass is 9.69. The van der Waals surface area contributed by atoms with Gasteiger partial charge in [0.2, 0.25) is 5.88 Å². The van der Waals surface area contributed by atoms with Crippen LogP contribution in [0, 0.1) is 11.8 Å². The Labute approximate surface area is 167 Å². The van der Waals surface area contributed by atoms with Gasteiger partial charge in [0.15, 0.2) is 0 Å². The molecule has 6 heteroatoms. The standard InChI is InChI=1S/C22H33N3O3/c1-5-22(27)8-6-7-15-10-24(12-18(15)22)11-16-9-17-19(23-20(16)28-4)13-25(14(2)3)21(17)26/h9,14-15,18,27H,5-8,10-13H2,1-4H3/t15-,18+,22-/m0/s1. The average molecular weight is 388 g/mol. The molecule has 28 heavy (non-hydrogen) atoms. The highest BCUT2D eigenvalue weighted by Gasteiger charge is 2.47. The fraction of sp³-hybridized carbons (Fsp3) is 0.727. The number of hydrogen-bond acceptors (Lipinski definition) is 5. The van der Waals surface area contributed by atoms with Crippen molar-refractivity contribution in [3.8, 4) is 5.88 Å². The van der Waals surface area contributed by atoms with E-state index < -0.39 is 5.60 Å². The Kier molecular flexibility index (Phi) is 5.12. The van der Waals surface area contributed by atoms with E-state index in [4.69, 9.17) is 4.74 Å². The van der Waals surface area contributed by atoms with Crippen LogP contribution in [0.5, 0.6) is 5.88 Å². The number of aromatic nitrogens is 1. The lowest BCUT2D eigenvalue weighted by molar-refractivity contribution is -0.0613. The second kappa shape index (κ2) is 7.30. The molecule has 2 aliphatic heterocycles. The molecule has 0 radical (unpaired) electrons. The zero-order chi connectivity index (χ0) is 20.1. The monoisotopic (exact) mass is 387 g/mol. The van der Waals surface area contributed by atoms with E-state index in [0.717, 1.165) is 43.6 Å². The highest BCUT2D eigenvalue weighted by molar-refractivity contribution is 5.98. The van der Waals surface area contributed by atoms with E-state index in [1.807, 2.05) is 24.8 Å². The molecule has 2 fully saturated rings. The zero-order valence-electron chi connectivity index (χ0n) is 17.6. The van der Waals surface area contributed by atoms with Gasteiger partial charge < -0.3 is 14.7 Å². The van der Waals surface area contributed by atoms with Gasteiger partial charge in [-0.05, 0) is 45.1 Å². The van der Waals surface area contributed by atoms with Gasteiger partial charge in [0, 0.05) is 37.2 Å². The van der Waals surface area contributed by atoms with Crippen molar-refractivity contribution in [2.75, 3.05) is 20.2 Å². The van der Waals surface area contributed by atoms with Crippen LogP contribution in [0.2, 0.25) is 0 Å². The molecule has 3 atom stereocenters. The molecule has 0 unspecified atom stereocenters. The third-order valence-electron chi connectivity index (χ3n) is 7.17. The van der Waals surface area contributed by atoms with Crippen molar-refractivity contribution in [1.29, 1.82) is 0 Å². The number of likely N-dealkylation sites (tertiary alicyclic amines) is 1. The molecule has 0 bridgehead atoms. The van der Waals surface area contributed by atoms with Gasteiger partial charge in [-0.25, -0.2) is 4.98 Å². The molecule has 1 saturated heterocycles. The van der Waals surface area contributed by atoms with E-state index in [0.29, 0.717) is 36.4 Å². The van der Waals surface area contributed by atoms with Crippen LogP contribution in [0.4, 0.5) is 0 Å². The minimum atomic E-state index is -0.522. The van der Waals surface area contributed by atoms with E-state index in [1.54, 1.807) is 7.11 Å². The average Bonchev–Trinajstić information content (AvgIpc) is 3.23. The van der Waals surface area contributed by atoms with E-state index in [2.05, 4.69) is 16.8 Å². The van der Waals surface area contributed by atoms with Gasteiger partial charge in [-0.3, -0.25) is 9.69 Å². The maximum Gasteiger partial charge on any atom is 0.256 e. The molecule has 1 aromatic rings. The van der Waals surface area contributed by atoms with Crippen molar-refractivity contribution in [1.82, 2.24) is 14.8 Å². The summed E-state index contributed by atoms with van der Waals surface area (Å²) in [6.45, 7) is 9.34. The van der Waals surface area contributed by atoms with E-state index in [9.17, 15) is 9.90 Å². The fourth-order valence-electron chi connectivity index (χ4n) is 5.50. The number of amides is 1. The van der Waals surface area contributed by atoms with Crippen LogP contribution in [0.15, 0.2) is 6.07 Å². The van der Waals surface area contributed by atoms with Crippen molar-refractivity contribution >= 4 is 5.91 Å². The molecule has 0 spiro atoms. The highest BCUT2D eigenvalue weighted by Crippen LogP contribution is 2.44. The van der Waals surface area contributed by atoms with Crippen LogP contribution in [0.1, 0.15) is 68.1 Å². The molecule has 6 nitrogen and oxygen atoms in total. The number of hydrogen-bond donors (Lipinski definition) is 1. The first-order chi connectivity index (χ1) is 13.4. The number of rotatable bonds is 5. The van der Waals surface area contributed by atoms with Crippen molar-refractivity contribution in [3.63, 3.8) is 0 Å². The molecule has 3 heterocycles. The predicted molar refractivity (Wildman–Crippen MR) is 107 cm³/mol. The minimum absolute atomic E-state index is 0.0665. The fourth-order valence-corrected chi connectivity index (χ4v) is 5.50. The molecule has 3 aliphatic rings. The van der Waals surface area contributed by atoms with Crippen LogP contribution in [0.3, 0.4) is 0 Å². The molecule has 0 aromatic carbocycles. The summed E-state index contributed by atoms with van der Waals surface area (Å²) in [5.41, 5.74) is 1.98. The first kappa shape index (κ1) is 19.6. The van der Waals surface area contributed by atoms with Crippen LogP contribution < -0.4 is 4.74 Å². The third-order valence-corrected chi connectivity index (χ3v) is 7.17. The molecule has 154 valence electrons. The minimum Gasteiger partial charge on any atom is -0.481 e. The summed E-state index contributed by atoms with van der Waals surface area (Å²) >= 11 is 0. The van der Waals surface area contributed by atoms with Gasteiger partial charge >= 0.3 is 0 Å². The molecule has 4 rings (SSSR count). The van der Waals surface area contributed by atoms with Crippen LogP contribution in [-0.2, 0) is 13.1 Å². The normalized spacial score (nSPS) is 30.1. The number of ether oxygens (including phenoxy) is 1. The topological polar surface area (TPSA) is 65.9 Å². The first-order valence-corrected chi connectivity index (χ1v) is 10.7. The summed E-state index contributed by atoms with van der Waals surface area (Å²) < 4.78 is 5.58. The second-order valence-electron chi connectivity index (χ2n) is 9.09. The Morgan fingerprint density at radius 1 is 1.39 bits per heavy atom. The van der Waals surface area contributed by atoms with E-state index in [1.165, 1.54) is 6.42 Å². The Balaban J connectivity index is 1.56. The molecule has 1 N–H and O–H groups in total. The summed E-state index contributed by atoms with van der Waals surface area (Å²) in [7, 11) is 1.65. The summed E-state index contributed by atoms with van der Waals surface area (Å²) in [6, 6.07) is 2.14. The number of fused-ring (bicyclic) bond motifs is 2. The van der Waals surface area contributed by atoms with Gasteiger partial charge in [-0.1, -0.05) is 13.3 Å². The Morgan fingerprint density at radius 3 is 2.86 bits per heavy atom. The number of nitrogens with zero attached hydrogens (tertiary/aromatic N) is 3. The first-order valence-electron chi connectivity index (χ1n) is 10.7. The SMILES string of the molecule is CC[C@]1(O)CCC[C@H]2CN(Cc3cc4c(nc3OC)CN(C(C)C)C4=O)C[C@H]21. The van der Waals surface area contributed by atoms with Gasteiger partial charge in [0.05, 0.1) is 30.5 Å². The Morgan fingerprint density at radius 2 is 2.18 bits per heavy atom. The number of aliphatic hydroxyl groups is 1. The molecular weight excluding hydrogens is 354 g/mol. The number of carbonyl (C=O) groups is 1. The van der Waals surface area contributed by atoms with Gasteiger partial charge in [-0.2, -0.15) is 0 Å². The zero-order valence-corrected chi connectivity index (χ0v) is 17.6. The quantitative estimate of drug-likeness (QED) is 0.842. The maximum absolute atomic E-state index is 12.8. The van der Waals surface area contributed by atoms with Crippen molar-refractivity contribution in [2.24, 2.45) is 11.8 Å². The van der Waals surface area contributed by atoms with Crippen molar-refractivity contribution in [3.05, 3.63) is 22.9 Å². The van der Waals surface area contributed by atoms with E-state index in [-0.39, 0.29) is 11.9 Å². The molecule has 1 aliphatic carbocycles. The Hall–Kier alpha value is -1.66. The smallest absolute Gasteiger partial charge is 0.256 e. The summed E-state index contributed by atoms with van der Waals surface area (Å²) in [4.78, 5) is 21.7. The summed E-state index contributed by atoms with van der Waals surface area (Å²) in [6.07, 6.45) is 4.06. The van der Waals surface area contributed by atoms with Gasteiger partial charge in [0.1, 0.15) is 0 Å². The number of carbonyl (C=O) groups excluding carboxylic acids is 1. The van der Waals surface area contributed by atoms with Crippen LogP contribution in [-0.4, -0.2) is 57.6 Å². The third kappa shape index (κ3) is 3.20. The largest absolute Gasteiger partial charge is 0.481 e. The maximum atomic E-state index is 12.8. The highest BCUT2D eigenvalue weighted by atomic mass is 16.5. The predicted octanol–water partition coefficient (Wildman–Crippen LogP) is 2.83. The lowest BCUT2D eigenvalue weighted by Crippen LogP contribution is -2.44. The van der Waals surface area contributed by atoms with E-state index >= 15 is 0 Å². The summed E-state index contributed by atoms with van der Waals surface area (Å²) in [5.74, 6) is 1.59. The van der Waals surface area contributed by atoms with Crippen molar-refractivity contribution < 1.29 is 14.6 Å². The second-order valence-corrected chi connectivity index (χ2v) is 9.09. The Bertz CT molecular complexity index is 766. The van der Waals surface area contributed by atoms with Crippen LogP contribution in [0.25, 0.3) is 0 Å². The summed E-state index contributed by atoms with van der Waals surface area (Å²) in [5, 5.41) is 11.1. The molecule has 1 amide bonds. The van der Waals surface area contributed by atoms with Gasteiger partial charge in [0.25, 0.3) is 5.91 Å². The van der Waals surface area contributed by atoms with Gasteiger partial charge in [-0.15, -0.1) is 0 Å². The van der Waals surface area contributed by atoms with Crippen LogP contribution >= 0.6 is 0 Å². The van der Waals surface area contributed by atoms with Crippen molar-refractivity contribution in [2.45, 2.75) is 71.2 Å². The molecular formula is C22H33N3O3. The number of pyridine rings is 1. The molecule has 1 saturated carbocycles.